The van der Waals surface area contributed by atoms with Crippen molar-refractivity contribution in [2.75, 3.05) is 33.2 Å². The van der Waals surface area contributed by atoms with Crippen molar-refractivity contribution in [1.82, 2.24) is 25.3 Å². The Morgan fingerprint density at radius 1 is 1.38 bits per heavy atom. The zero-order valence-electron chi connectivity index (χ0n) is 17.6. The minimum Gasteiger partial charge on any atom is -0.356 e. The Kier molecular flexibility index (Phi) is 7.94. The van der Waals surface area contributed by atoms with Crippen LogP contribution in [-0.2, 0) is 13.5 Å². The summed E-state index contributed by atoms with van der Waals surface area (Å²) in [7, 11) is 3.85. The predicted molar refractivity (Wildman–Crippen MR) is 110 cm³/mol. The number of aromatic nitrogens is 2. The lowest BCUT2D eigenvalue weighted by Gasteiger charge is -2.30. The minimum absolute atomic E-state index is 0.311. The highest BCUT2D eigenvalue weighted by atomic mass is 15.3. The number of nitrogens with zero attached hydrogens (tertiary/aromatic N) is 4. The van der Waals surface area contributed by atoms with Crippen LogP contribution < -0.4 is 10.6 Å². The number of rotatable bonds is 7. The van der Waals surface area contributed by atoms with Crippen molar-refractivity contribution in [1.29, 1.82) is 0 Å². The average Bonchev–Trinajstić information content (AvgIpc) is 2.84. The summed E-state index contributed by atoms with van der Waals surface area (Å²) >= 11 is 0. The van der Waals surface area contributed by atoms with E-state index in [1.807, 2.05) is 18.8 Å². The lowest BCUT2D eigenvalue weighted by atomic mass is 10.0. The molecule has 0 saturated carbocycles. The zero-order valence-corrected chi connectivity index (χ0v) is 17.6. The summed E-state index contributed by atoms with van der Waals surface area (Å²) in [5.74, 6) is 1.75. The zero-order chi connectivity index (χ0) is 19.1. The highest BCUT2D eigenvalue weighted by Crippen LogP contribution is 2.15. The molecule has 26 heavy (non-hydrogen) atoms. The molecule has 2 heterocycles. The molecule has 0 spiro atoms. The van der Waals surface area contributed by atoms with Crippen molar-refractivity contribution in [2.45, 2.75) is 59.4 Å². The molecule has 1 fully saturated rings. The number of likely N-dealkylation sites (tertiary alicyclic amines) is 1. The molecule has 1 aliphatic heterocycles. The Morgan fingerprint density at radius 3 is 2.77 bits per heavy atom. The van der Waals surface area contributed by atoms with E-state index < -0.39 is 0 Å². The van der Waals surface area contributed by atoms with E-state index in [1.54, 1.807) is 0 Å². The van der Waals surface area contributed by atoms with Crippen LogP contribution in [0, 0.1) is 19.8 Å². The minimum atomic E-state index is 0.311. The second kappa shape index (κ2) is 9.95. The van der Waals surface area contributed by atoms with Gasteiger partial charge < -0.3 is 15.5 Å². The van der Waals surface area contributed by atoms with E-state index in [0.717, 1.165) is 37.0 Å². The summed E-state index contributed by atoms with van der Waals surface area (Å²) in [5.41, 5.74) is 3.70. The molecule has 0 aromatic carbocycles. The van der Waals surface area contributed by atoms with Crippen molar-refractivity contribution in [3.05, 3.63) is 17.0 Å². The van der Waals surface area contributed by atoms with Gasteiger partial charge in [0.15, 0.2) is 5.96 Å². The third-order valence-electron chi connectivity index (χ3n) is 5.46. The third-order valence-corrected chi connectivity index (χ3v) is 5.46. The van der Waals surface area contributed by atoms with Gasteiger partial charge in [-0.2, -0.15) is 5.10 Å². The van der Waals surface area contributed by atoms with Crippen molar-refractivity contribution in [3.8, 4) is 0 Å². The third kappa shape index (κ3) is 6.01. The molecule has 0 aliphatic carbocycles. The maximum absolute atomic E-state index is 4.51. The van der Waals surface area contributed by atoms with Gasteiger partial charge in [-0.15, -0.1) is 0 Å². The van der Waals surface area contributed by atoms with Gasteiger partial charge in [0.05, 0.1) is 5.69 Å². The van der Waals surface area contributed by atoms with Gasteiger partial charge in [0, 0.05) is 38.9 Å². The number of aliphatic imine (C=N–C) groups is 1. The van der Waals surface area contributed by atoms with E-state index in [2.05, 4.69) is 53.3 Å². The first kappa shape index (κ1) is 20.7. The molecule has 148 valence electrons. The molecule has 0 bridgehead atoms. The largest absolute Gasteiger partial charge is 0.356 e. The predicted octanol–water partition coefficient (Wildman–Crippen LogP) is 2.25. The molecule has 1 saturated heterocycles. The number of piperidine rings is 1. The Balaban J connectivity index is 1.71. The van der Waals surface area contributed by atoms with Crippen LogP contribution in [0.2, 0.25) is 0 Å². The molecule has 6 heteroatoms. The van der Waals surface area contributed by atoms with Gasteiger partial charge >= 0.3 is 0 Å². The van der Waals surface area contributed by atoms with Gasteiger partial charge in [-0.1, -0.05) is 6.92 Å². The maximum atomic E-state index is 4.51. The fourth-order valence-corrected chi connectivity index (χ4v) is 3.90. The first-order chi connectivity index (χ1) is 12.4. The molecule has 2 N–H and O–H groups in total. The summed E-state index contributed by atoms with van der Waals surface area (Å²) < 4.78 is 1.96. The SMILES string of the molecule is CN=C(NCCCN1CCCC(C)C1)NC(C)Cc1c(C)nn(C)c1C. The average molecular weight is 363 g/mol. The fraction of sp³-hybridized carbons (Fsp3) is 0.800. The molecule has 1 aromatic rings. The summed E-state index contributed by atoms with van der Waals surface area (Å²) in [4.78, 5) is 6.98. The van der Waals surface area contributed by atoms with Crippen molar-refractivity contribution in [3.63, 3.8) is 0 Å². The second-order valence-corrected chi connectivity index (χ2v) is 7.92. The lowest BCUT2D eigenvalue weighted by molar-refractivity contribution is 0.182. The number of hydrogen-bond donors (Lipinski definition) is 2. The van der Waals surface area contributed by atoms with Gasteiger partial charge in [0.25, 0.3) is 0 Å². The second-order valence-electron chi connectivity index (χ2n) is 7.92. The van der Waals surface area contributed by atoms with Crippen LogP contribution in [0.15, 0.2) is 4.99 Å². The van der Waals surface area contributed by atoms with Crippen LogP contribution >= 0.6 is 0 Å². The summed E-state index contributed by atoms with van der Waals surface area (Å²) in [5, 5.41) is 11.5. The Morgan fingerprint density at radius 2 is 2.15 bits per heavy atom. The van der Waals surface area contributed by atoms with Gasteiger partial charge in [0.2, 0.25) is 0 Å². The molecular formula is C20H38N6. The number of hydrogen-bond acceptors (Lipinski definition) is 3. The van der Waals surface area contributed by atoms with Gasteiger partial charge in [-0.25, -0.2) is 0 Å². The van der Waals surface area contributed by atoms with Crippen LogP contribution in [0.25, 0.3) is 0 Å². The van der Waals surface area contributed by atoms with E-state index in [-0.39, 0.29) is 0 Å². The van der Waals surface area contributed by atoms with Crippen LogP contribution in [0.1, 0.15) is 50.1 Å². The molecule has 0 amide bonds. The highest BCUT2D eigenvalue weighted by Gasteiger charge is 2.16. The van der Waals surface area contributed by atoms with Crippen LogP contribution in [0.4, 0.5) is 0 Å². The Bertz CT molecular complexity index is 591. The molecule has 0 radical (unpaired) electrons. The number of aryl methyl sites for hydroxylation is 2. The summed E-state index contributed by atoms with van der Waals surface area (Å²) in [6.07, 6.45) is 4.85. The molecule has 2 rings (SSSR count). The normalized spacial score (nSPS) is 20.2. The quantitative estimate of drug-likeness (QED) is 0.444. The van der Waals surface area contributed by atoms with Crippen molar-refractivity contribution < 1.29 is 0 Å². The lowest BCUT2D eigenvalue weighted by Crippen LogP contribution is -2.44. The smallest absolute Gasteiger partial charge is 0.191 e. The highest BCUT2D eigenvalue weighted by molar-refractivity contribution is 5.79. The van der Waals surface area contributed by atoms with Gasteiger partial charge in [-0.3, -0.25) is 9.67 Å². The Labute approximate surface area is 159 Å². The topological polar surface area (TPSA) is 57.5 Å². The summed E-state index contributed by atoms with van der Waals surface area (Å²) in [6, 6.07) is 0.311. The van der Waals surface area contributed by atoms with E-state index in [0.29, 0.717) is 6.04 Å². The van der Waals surface area contributed by atoms with Crippen LogP contribution in [-0.4, -0.2) is 59.9 Å². The molecule has 1 aliphatic rings. The van der Waals surface area contributed by atoms with E-state index in [9.17, 15) is 0 Å². The summed E-state index contributed by atoms with van der Waals surface area (Å²) in [6.45, 7) is 13.4. The molecular weight excluding hydrogens is 324 g/mol. The van der Waals surface area contributed by atoms with Gasteiger partial charge in [-0.05, 0) is 71.0 Å². The van der Waals surface area contributed by atoms with Crippen LogP contribution in [0.5, 0.6) is 0 Å². The molecule has 2 unspecified atom stereocenters. The molecule has 6 nitrogen and oxygen atoms in total. The molecule has 1 aromatic heterocycles. The fourth-order valence-electron chi connectivity index (χ4n) is 3.90. The number of nitrogens with one attached hydrogen (secondary N) is 2. The van der Waals surface area contributed by atoms with Crippen molar-refractivity contribution >= 4 is 5.96 Å². The number of guanidine groups is 1. The van der Waals surface area contributed by atoms with Gasteiger partial charge in [0.1, 0.15) is 0 Å². The standard InChI is InChI=1S/C20H38N6/c1-15-9-7-11-26(14-15)12-8-10-22-20(21-5)23-16(2)13-19-17(3)24-25(6)18(19)4/h15-16H,7-14H2,1-6H3,(H2,21,22,23). The van der Waals surface area contributed by atoms with E-state index in [4.69, 9.17) is 0 Å². The van der Waals surface area contributed by atoms with E-state index in [1.165, 1.54) is 43.7 Å². The Hall–Kier alpha value is -1.56. The monoisotopic (exact) mass is 362 g/mol. The van der Waals surface area contributed by atoms with Crippen LogP contribution in [0.3, 0.4) is 0 Å². The first-order valence-electron chi connectivity index (χ1n) is 10.1. The molecule has 2 atom stereocenters. The van der Waals surface area contributed by atoms with E-state index >= 15 is 0 Å². The maximum Gasteiger partial charge on any atom is 0.191 e. The first-order valence-corrected chi connectivity index (χ1v) is 10.1. The van der Waals surface area contributed by atoms with Crippen molar-refractivity contribution in [2.24, 2.45) is 18.0 Å².